The van der Waals surface area contributed by atoms with Gasteiger partial charge in [-0.15, -0.1) is 0 Å². The van der Waals surface area contributed by atoms with Gasteiger partial charge in [0, 0.05) is 0 Å². The Morgan fingerprint density at radius 2 is 1.86 bits per heavy atom. The number of rotatable bonds is 6. The smallest absolute Gasteiger partial charge is 0.207 e. The van der Waals surface area contributed by atoms with Crippen LogP contribution in [-0.4, -0.2) is 6.71 Å². The fourth-order valence-electron chi connectivity index (χ4n) is 2.75. The van der Waals surface area contributed by atoms with Crippen molar-refractivity contribution in [3.05, 3.63) is 72.1 Å². The molecule has 0 aliphatic heterocycles. The topological polar surface area (TPSA) is 0 Å². The van der Waals surface area contributed by atoms with Gasteiger partial charge in [0.1, 0.15) is 5.82 Å². The van der Waals surface area contributed by atoms with Crippen LogP contribution in [-0.2, 0) is 0 Å². The maximum atomic E-state index is 13.6. The Bertz CT molecular complexity index is 604. The van der Waals surface area contributed by atoms with Crippen molar-refractivity contribution in [1.29, 1.82) is 0 Å². The van der Waals surface area contributed by atoms with Gasteiger partial charge in [0.25, 0.3) is 0 Å². The highest BCUT2D eigenvalue weighted by Gasteiger charge is 2.20. The second-order valence-electron chi connectivity index (χ2n) is 5.42. The predicted octanol–water partition coefficient (Wildman–Crippen LogP) is 4.10. The SMILES string of the molecule is CCC=CCCB(c1cccc(F)c1)c1ccccc1C. The minimum absolute atomic E-state index is 0.157. The summed E-state index contributed by atoms with van der Waals surface area (Å²) < 4.78 is 13.6. The Labute approximate surface area is 127 Å². The van der Waals surface area contributed by atoms with E-state index >= 15 is 0 Å². The van der Waals surface area contributed by atoms with Crippen molar-refractivity contribution < 1.29 is 4.39 Å². The van der Waals surface area contributed by atoms with Crippen LogP contribution < -0.4 is 10.9 Å². The van der Waals surface area contributed by atoms with Crippen LogP contribution in [0.3, 0.4) is 0 Å². The first-order valence-corrected chi connectivity index (χ1v) is 7.68. The predicted molar refractivity (Wildman–Crippen MR) is 91.5 cm³/mol. The highest BCUT2D eigenvalue weighted by Crippen LogP contribution is 2.06. The molecule has 0 aliphatic rings. The lowest BCUT2D eigenvalue weighted by Crippen LogP contribution is -2.43. The van der Waals surface area contributed by atoms with Crippen molar-refractivity contribution in [2.75, 3.05) is 0 Å². The summed E-state index contributed by atoms with van der Waals surface area (Å²) in [5.74, 6) is -0.157. The lowest BCUT2D eigenvalue weighted by Gasteiger charge is -2.16. The summed E-state index contributed by atoms with van der Waals surface area (Å²) in [6, 6.07) is 15.4. The number of allylic oxidation sites excluding steroid dienone is 2. The van der Waals surface area contributed by atoms with E-state index in [1.807, 2.05) is 6.07 Å². The van der Waals surface area contributed by atoms with Crippen molar-refractivity contribution in [1.82, 2.24) is 0 Å². The van der Waals surface area contributed by atoms with Crippen LogP contribution in [0, 0.1) is 12.7 Å². The molecule has 0 aromatic heterocycles. The van der Waals surface area contributed by atoms with Crippen LogP contribution in [0.2, 0.25) is 6.32 Å². The monoisotopic (exact) mass is 280 g/mol. The molecular formula is C19H22BF. The summed E-state index contributed by atoms with van der Waals surface area (Å²) in [5, 5.41) is 0. The van der Waals surface area contributed by atoms with Crippen LogP contribution >= 0.6 is 0 Å². The summed E-state index contributed by atoms with van der Waals surface area (Å²) in [4.78, 5) is 0. The van der Waals surface area contributed by atoms with Crippen LogP contribution in [0.4, 0.5) is 4.39 Å². The Balaban J connectivity index is 2.30. The molecule has 2 rings (SSSR count). The number of benzene rings is 2. The second kappa shape index (κ2) is 7.83. The van der Waals surface area contributed by atoms with E-state index in [1.165, 1.54) is 17.1 Å². The van der Waals surface area contributed by atoms with Gasteiger partial charge >= 0.3 is 0 Å². The van der Waals surface area contributed by atoms with Gasteiger partial charge in [0.15, 0.2) is 0 Å². The molecule has 108 valence electrons. The van der Waals surface area contributed by atoms with Crippen molar-refractivity contribution >= 4 is 17.6 Å². The van der Waals surface area contributed by atoms with Crippen LogP contribution in [0.1, 0.15) is 25.3 Å². The lowest BCUT2D eigenvalue weighted by molar-refractivity contribution is 0.629. The summed E-state index contributed by atoms with van der Waals surface area (Å²) in [6.45, 7) is 4.52. The minimum atomic E-state index is -0.157. The molecule has 0 nitrogen and oxygen atoms in total. The molecule has 0 amide bonds. The van der Waals surface area contributed by atoms with E-state index in [-0.39, 0.29) is 12.5 Å². The lowest BCUT2D eigenvalue weighted by atomic mass is 9.37. The van der Waals surface area contributed by atoms with Crippen LogP contribution in [0.25, 0.3) is 0 Å². The van der Waals surface area contributed by atoms with E-state index in [0.29, 0.717) is 0 Å². The Kier molecular flexibility index (Phi) is 5.80. The normalized spacial score (nSPS) is 11.0. The van der Waals surface area contributed by atoms with Crippen molar-refractivity contribution in [3.8, 4) is 0 Å². The third-order valence-corrected chi connectivity index (χ3v) is 3.84. The van der Waals surface area contributed by atoms with Crippen molar-refractivity contribution in [2.45, 2.75) is 33.0 Å². The number of hydrogen-bond acceptors (Lipinski definition) is 0. The average Bonchev–Trinajstić information content (AvgIpc) is 2.48. The van der Waals surface area contributed by atoms with Gasteiger partial charge in [0.2, 0.25) is 6.71 Å². The molecule has 0 saturated carbocycles. The highest BCUT2D eigenvalue weighted by molar-refractivity contribution is 6.85. The summed E-state index contributed by atoms with van der Waals surface area (Å²) >= 11 is 0. The van der Waals surface area contributed by atoms with Crippen molar-refractivity contribution in [3.63, 3.8) is 0 Å². The molecule has 2 heteroatoms. The molecule has 2 aromatic rings. The van der Waals surface area contributed by atoms with E-state index < -0.39 is 0 Å². The fourth-order valence-corrected chi connectivity index (χ4v) is 2.75. The zero-order chi connectivity index (χ0) is 15.1. The van der Waals surface area contributed by atoms with Gasteiger partial charge in [0.05, 0.1) is 0 Å². The zero-order valence-electron chi connectivity index (χ0n) is 12.9. The molecular weight excluding hydrogens is 258 g/mol. The standard InChI is InChI=1S/C19H22BF/c1-3-4-5-8-14-20(17-11-9-12-18(21)15-17)19-13-7-6-10-16(19)2/h4-7,9-13,15H,3,8,14H2,1-2H3. The van der Waals surface area contributed by atoms with Crippen molar-refractivity contribution in [2.24, 2.45) is 0 Å². The maximum Gasteiger partial charge on any atom is 0.210 e. The minimum Gasteiger partial charge on any atom is -0.207 e. The Hall–Kier alpha value is -1.83. The molecule has 0 bridgehead atoms. The van der Waals surface area contributed by atoms with Crippen LogP contribution in [0.15, 0.2) is 60.7 Å². The molecule has 2 aromatic carbocycles. The van der Waals surface area contributed by atoms with Gasteiger partial charge in [-0.1, -0.05) is 78.3 Å². The zero-order valence-corrected chi connectivity index (χ0v) is 12.9. The Morgan fingerprint density at radius 1 is 1.05 bits per heavy atom. The van der Waals surface area contributed by atoms with E-state index in [2.05, 4.69) is 50.3 Å². The van der Waals surface area contributed by atoms with E-state index in [0.717, 1.165) is 24.6 Å². The first-order valence-electron chi connectivity index (χ1n) is 7.68. The van der Waals surface area contributed by atoms with E-state index in [9.17, 15) is 4.39 Å². The first kappa shape index (κ1) is 15.6. The average molecular weight is 280 g/mol. The number of aryl methyl sites for hydroxylation is 1. The van der Waals surface area contributed by atoms with Gasteiger partial charge in [-0.2, -0.15) is 0 Å². The Morgan fingerprint density at radius 3 is 2.57 bits per heavy atom. The van der Waals surface area contributed by atoms with Gasteiger partial charge in [-0.25, -0.2) is 4.39 Å². The molecule has 0 unspecified atom stereocenters. The van der Waals surface area contributed by atoms with Crippen LogP contribution in [0.5, 0.6) is 0 Å². The molecule has 0 spiro atoms. The molecule has 0 heterocycles. The van der Waals surface area contributed by atoms with Gasteiger partial charge < -0.3 is 0 Å². The molecule has 21 heavy (non-hydrogen) atoms. The number of halogens is 1. The molecule has 0 atom stereocenters. The molecule has 0 fully saturated rings. The number of hydrogen-bond donors (Lipinski definition) is 0. The summed E-state index contributed by atoms with van der Waals surface area (Å²) in [5.41, 5.74) is 3.63. The van der Waals surface area contributed by atoms with Gasteiger partial charge in [-0.3, -0.25) is 0 Å². The highest BCUT2D eigenvalue weighted by atomic mass is 19.1. The summed E-state index contributed by atoms with van der Waals surface area (Å²) in [7, 11) is 0. The second-order valence-corrected chi connectivity index (χ2v) is 5.42. The van der Waals surface area contributed by atoms with E-state index in [1.54, 1.807) is 12.1 Å². The molecule has 0 radical (unpaired) electrons. The quantitative estimate of drug-likeness (QED) is 0.552. The third kappa shape index (κ3) is 4.32. The molecule has 0 N–H and O–H groups in total. The fraction of sp³-hybridized carbons (Fsp3) is 0.263. The largest absolute Gasteiger partial charge is 0.210 e. The third-order valence-electron chi connectivity index (χ3n) is 3.84. The molecule has 0 aliphatic carbocycles. The first-order chi connectivity index (χ1) is 10.2. The molecule has 0 saturated heterocycles. The maximum absolute atomic E-state index is 13.6. The van der Waals surface area contributed by atoms with Gasteiger partial charge in [-0.05, 0) is 31.9 Å². The summed E-state index contributed by atoms with van der Waals surface area (Å²) in [6.07, 6.45) is 7.51. The van der Waals surface area contributed by atoms with E-state index in [4.69, 9.17) is 0 Å².